The maximum Gasteiger partial charge on any atom is 0.125 e. The molecule has 1 rings (SSSR count). The van der Waals surface area contributed by atoms with Crippen LogP contribution >= 0.6 is 0 Å². The summed E-state index contributed by atoms with van der Waals surface area (Å²) < 4.78 is 0. The summed E-state index contributed by atoms with van der Waals surface area (Å²) in [6.07, 6.45) is 3.45. The van der Waals surface area contributed by atoms with Crippen LogP contribution in [0.4, 0.5) is 0 Å². The van der Waals surface area contributed by atoms with Gasteiger partial charge >= 0.3 is 0 Å². The van der Waals surface area contributed by atoms with Gasteiger partial charge in [0, 0.05) is 12.4 Å². The van der Waals surface area contributed by atoms with Crippen molar-refractivity contribution < 1.29 is 0 Å². The molecule has 0 aliphatic rings. The second-order valence-corrected chi connectivity index (χ2v) is 1.30. The van der Waals surface area contributed by atoms with Crippen molar-refractivity contribution in [1.82, 2.24) is 9.97 Å². The third-order valence-electron chi connectivity index (χ3n) is 0.695. The molecule has 1 aromatic heterocycles. The highest BCUT2D eigenvalue weighted by molar-refractivity contribution is 4.83. The molecule has 0 saturated heterocycles. The van der Waals surface area contributed by atoms with E-state index in [0.717, 1.165) is 5.82 Å². The summed E-state index contributed by atoms with van der Waals surface area (Å²) in [6, 6.07) is 1.80. The van der Waals surface area contributed by atoms with Gasteiger partial charge in [-0.3, -0.25) is 0 Å². The summed E-state index contributed by atoms with van der Waals surface area (Å²) in [5.41, 5.74) is 0. The average Bonchev–Trinajstić information content (AvgIpc) is 1.94. The van der Waals surface area contributed by atoms with Crippen LogP contribution in [0.1, 0.15) is 19.7 Å². The zero-order valence-electron chi connectivity index (χ0n) is 6.13. The first-order valence-corrected chi connectivity index (χ1v) is 3.13. The fourth-order valence-corrected chi connectivity index (χ4v) is 0.374. The molecule has 9 heavy (non-hydrogen) atoms. The predicted molar refractivity (Wildman–Crippen MR) is 38.1 cm³/mol. The minimum absolute atomic E-state index is 0.822. The Hall–Kier alpha value is -0.920. The van der Waals surface area contributed by atoms with Crippen LogP contribution < -0.4 is 0 Å². The molecule has 2 heteroatoms. The van der Waals surface area contributed by atoms with E-state index in [1.165, 1.54) is 0 Å². The monoisotopic (exact) mass is 124 g/mol. The Morgan fingerprint density at radius 3 is 1.78 bits per heavy atom. The third-order valence-corrected chi connectivity index (χ3v) is 0.695. The number of aryl methyl sites for hydroxylation is 1. The zero-order valence-corrected chi connectivity index (χ0v) is 6.13. The molecule has 1 heterocycles. The van der Waals surface area contributed by atoms with E-state index in [0.29, 0.717) is 0 Å². The van der Waals surface area contributed by atoms with Gasteiger partial charge in [0.2, 0.25) is 0 Å². The van der Waals surface area contributed by atoms with Crippen LogP contribution in [0.5, 0.6) is 0 Å². The van der Waals surface area contributed by atoms with Crippen LogP contribution in [0.2, 0.25) is 0 Å². The van der Waals surface area contributed by atoms with E-state index in [1.807, 2.05) is 20.8 Å². The third kappa shape index (κ3) is 3.64. The lowest BCUT2D eigenvalue weighted by molar-refractivity contribution is 1.05. The minimum atomic E-state index is 0.822. The molecule has 0 aliphatic carbocycles. The number of rotatable bonds is 0. The van der Waals surface area contributed by atoms with Crippen LogP contribution in [-0.4, -0.2) is 9.97 Å². The number of hydrogen-bond acceptors (Lipinski definition) is 2. The largest absolute Gasteiger partial charge is 0.242 e. The summed E-state index contributed by atoms with van der Waals surface area (Å²) in [5.74, 6) is 0.822. The lowest BCUT2D eigenvalue weighted by Crippen LogP contribution is -1.80. The van der Waals surface area contributed by atoms with Gasteiger partial charge in [-0.05, 0) is 13.0 Å². The summed E-state index contributed by atoms with van der Waals surface area (Å²) in [4.78, 5) is 7.74. The fraction of sp³-hybridized carbons (Fsp3) is 0.429. The first-order valence-electron chi connectivity index (χ1n) is 3.13. The molecule has 0 spiro atoms. The highest BCUT2D eigenvalue weighted by atomic mass is 14.8. The van der Waals surface area contributed by atoms with E-state index in [9.17, 15) is 0 Å². The smallest absolute Gasteiger partial charge is 0.125 e. The van der Waals surface area contributed by atoms with Crippen LogP contribution in [0.25, 0.3) is 0 Å². The molecule has 0 amide bonds. The molecule has 2 nitrogen and oxygen atoms in total. The molecule has 0 bridgehead atoms. The minimum Gasteiger partial charge on any atom is -0.242 e. The van der Waals surface area contributed by atoms with Gasteiger partial charge in [-0.25, -0.2) is 9.97 Å². The topological polar surface area (TPSA) is 25.8 Å². The van der Waals surface area contributed by atoms with Crippen molar-refractivity contribution in [2.75, 3.05) is 0 Å². The molecule has 0 atom stereocenters. The van der Waals surface area contributed by atoms with Crippen molar-refractivity contribution in [3.8, 4) is 0 Å². The van der Waals surface area contributed by atoms with E-state index < -0.39 is 0 Å². The Morgan fingerprint density at radius 1 is 1.11 bits per heavy atom. The molecule has 0 saturated carbocycles. The van der Waals surface area contributed by atoms with E-state index in [2.05, 4.69) is 9.97 Å². The van der Waals surface area contributed by atoms with Crippen molar-refractivity contribution in [1.29, 1.82) is 0 Å². The van der Waals surface area contributed by atoms with Gasteiger partial charge in [0.05, 0.1) is 0 Å². The van der Waals surface area contributed by atoms with Gasteiger partial charge in [-0.1, -0.05) is 13.8 Å². The van der Waals surface area contributed by atoms with Crippen molar-refractivity contribution in [2.24, 2.45) is 0 Å². The van der Waals surface area contributed by atoms with Crippen LogP contribution in [0, 0.1) is 6.92 Å². The second kappa shape index (κ2) is 5.22. The summed E-state index contributed by atoms with van der Waals surface area (Å²) >= 11 is 0. The highest BCUT2D eigenvalue weighted by Gasteiger charge is 1.74. The highest BCUT2D eigenvalue weighted by Crippen LogP contribution is 1.78. The van der Waals surface area contributed by atoms with E-state index in [-0.39, 0.29) is 0 Å². The quantitative estimate of drug-likeness (QED) is 0.527. The van der Waals surface area contributed by atoms with E-state index in [4.69, 9.17) is 0 Å². The fourth-order valence-electron chi connectivity index (χ4n) is 0.374. The Kier molecular flexibility index (Phi) is 4.69. The lowest BCUT2D eigenvalue weighted by atomic mass is 10.6. The van der Waals surface area contributed by atoms with Crippen LogP contribution in [0.3, 0.4) is 0 Å². The van der Waals surface area contributed by atoms with Gasteiger partial charge < -0.3 is 0 Å². The summed E-state index contributed by atoms with van der Waals surface area (Å²) in [7, 11) is 0. The Bertz CT molecular complexity index is 137. The molecular formula is C7H12N2. The van der Waals surface area contributed by atoms with Gasteiger partial charge in [0.15, 0.2) is 0 Å². The zero-order chi connectivity index (χ0) is 7.11. The number of nitrogens with zero attached hydrogens (tertiary/aromatic N) is 2. The normalized spacial score (nSPS) is 7.44. The van der Waals surface area contributed by atoms with E-state index in [1.54, 1.807) is 18.5 Å². The van der Waals surface area contributed by atoms with Gasteiger partial charge in [-0.2, -0.15) is 0 Å². The average molecular weight is 124 g/mol. The second-order valence-electron chi connectivity index (χ2n) is 1.30. The van der Waals surface area contributed by atoms with E-state index >= 15 is 0 Å². The molecule has 1 aromatic rings. The molecule has 0 fully saturated rings. The Balaban J connectivity index is 0.000000291. The number of aromatic nitrogens is 2. The maximum absolute atomic E-state index is 3.87. The van der Waals surface area contributed by atoms with Crippen molar-refractivity contribution in [3.05, 3.63) is 24.3 Å². The Labute approximate surface area is 56.0 Å². The molecule has 0 unspecified atom stereocenters. The van der Waals surface area contributed by atoms with Gasteiger partial charge in [-0.15, -0.1) is 0 Å². The number of hydrogen-bond donors (Lipinski definition) is 0. The van der Waals surface area contributed by atoms with Gasteiger partial charge in [0.1, 0.15) is 5.82 Å². The first-order chi connectivity index (χ1) is 4.39. The molecule has 0 radical (unpaired) electrons. The molecular weight excluding hydrogens is 112 g/mol. The molecule has 0 aliphatic heterocycles. The molecule has 0 aromatic carbocycles. The van der Waals surface area contributed by atoms with Crippen molar-refractivity contribution >= 4 is 0 Å². The lowest BCUT2D eigenvalue weighted by Gasteiger charge is -1.81. The van der Waals surface area contributed by atoms with Crippen LogP contribution in [-0.2, 0) is 0 Å². The Morgan fingerprint density at radius 2 is 1.56 bits per heavy atom. The summed E-state index contributed by atoms with van der Waals surface area (Å²) in [6.45, 7) is 5.86. The predicted octanol–water partition coefficient (Wildman–Crippen LogP) is 1.81. The standard InChI is InChI=1S/C5H6N2.C2H6/c1-5-6-3-2-4-7-5;1-2/h2-4H,1H3;1-2H3. The first kappa shape index (κ1) is 8.08. The van der Waals surface area contributed by atoms with Crippen molar-refractivity contribution in [3.63, 3.8) is 0 Å². The van der Waals surface area contributed by atoms with Gasteiger partial charge in [0.25, 0.3) is 0 Å². The maximum atomic E-state index is 3.87. The molecule has 50 valence electrons. The van der Waals surface area contributed by atoms with Crippen molar-refractivity contribution in [2.45, 2.75) is 20.8 Å². The summed E-state index contributed by atoms with van der Waals surface area (Å²) in [5, 5.41) is 0. The van der Waals surface area contributed by atoms with Crippen LogP contribution in [0.15, 0.2) is 18.5 Å². The molecule has 0 N–H and O–H groups in total. The SMILES string of the molecule is CC.Cc1ncccn1.